The Balaban J connectivity index is 2.30. The van der Waals surface area contributed by atoms with Gasteiger partial charge in [-0.15, -0.1) is 0 Å². The van der Waals surface area contributed by atoms with Gasteiger partial charge in [0.05, 0.1) is 26.4 Å². The Bertz CT molecular complexity index is 484. The highest BCUT2D eigenvalue weighted by Crippen LogP contribution is 2.61. The molecule has 2 aliphatic carbocycles. The lowest BCUT2D eigenvalue weighted by atomic mass is 9.46. The van der Waals surface area contributed by atoms with Gasteiger partial charge in [0, 0.05) is 5.41 Å². The smallest absolute Gasteiger partial charge is 0.0648 e. The minimum atomic E-state index is -0.283. The summed E-state index contributed by atoms with van der Waals surface area (Å²) in [6, 6.07) is 0. The number of allylic oxidation sites excluding steroid dienone is 1. The predicted molar refractivity (Wildman–Crippen MR) is 95.4 cm³/mol. The first-order chi connectivity index (χ1) is 11.5. The van der Waals surface area contributed by atoms with Gasteiger partial charge in [-0.05, 0) is 66.9 Å². The molecule has 0 aliphatic heterocycles. The topological polar surface area (TPSA) is 80.9 Å². The van der Waals surface area contributed by atoms with E-state index in [2.05, 4.69) is 19.9 Å². The molecule has 4 atom stereocenters. The molecule has 0 aromatic heterocycles. The van der Waals surface area contributed by atoms with Crippen LogP contribution in [0, 0.1) is 22.7 Å². The number of hydrogen-bond donors (Lipinski definition) is 4. The van der Waals surface area contributed by atoms with E-state index in [1.54, 1.807) is 6.08 Å². The largest absolute Gasteiger partial charge is 0.395 e. The van der Waals surface area contributed by atoms with Crippen molar-refractivity contribution in [1.82, 2.24) is 0 Å². The zero-order valence-electron chi connectivity index (χ0n) is 15.2. The average molecular weight is 338 g/mol. The molecule has 0 radical (unpaired) electrons. The minimum absolute atomic E-state index is 0.0113. The standard InChI is InChI=1S/C20H34O4/c1-15-6-10-20(14-24)17(13-23)4-3-5-18(20)19(15,2)9-7-16(12-22)8-11-21/h4,8,15,18,21-24H,3,5-7,9-14H2,1-2H3/b16-8-/t15?,18?,19-,20?/m0/s1. The first-order valence-electron chi connectivity index (χ1n) is 9.29. The summed E-state index contributed by atoms with van der Waals surface area (Å²) in [5.41, 5.74) is 1.68. The van der Waals surface area contributed by atoms with Crippen LogP contribution < -0.4 is 0 Å². The van der Waals surface area contributed by atoms with E-state index in [1.165, 1.54) is 0 Å². The van der Waals surface area contributed by atoms with E-state index < -0.39 is 0 Å². The second kappa shape index (κ2) is 8.13. The molecule has 0 aromatic rings. The number of aliphatic hydroxyl groups is 4. The zero-order chi connectivity index (χ0) is 17.8. The van der Waals surface area contributed by atoms with Gasteiger partial charge in [0.15, 0.2) is 0 Å². The molecule has 0 amide bonds. The fraction of sp³-hybridized carbons (Fsp3) is 0.800. The highest BCUT2D eigenvalue weighted by atomic mass is 16.3. The van der Waals surface area contributed by atoms with Crippen LogP contribution in [0.25, 0.3) is 0 Å². The maximum atomic E-state index is 10.3. The van der Waals surface area contributed by atoms with E-state index in [9.17, 15) is 15.3 Å². The van der Waals surface area contributed by atoms with Crippen molar-refractivity contribution in [3.8, 4) is 0 Å². The second-order valence-electron chi connectivity index (χ2n) is 7.98. The summed E-state index contributed by atoms with van der Waals surface area (Å²) in [4.78, 5) is 0. The van der Waals surface area contributed by atoms with Crippen LogP contribution >= 0.6 is 0 Å². The molecule has 4 nitrogen and oxygen atoms in total. The second-order valence-corrected chi connectivity index (χ2v) is 7.98. The molecule has 0 bridgehead atoms. The lowest BCUT2D eigenvalue weighted by Crippen LogP contribution is -2.53. The van der Waals surface area contributed by atoms with E-state index >= 15 is 0 Å². The summed E-state index contributed by atoms with van der Waals surface area (Å²) in [5, 5.41) is 38.7. The van der Waals surface area contributed by atoms with E-state index in [0.717, 1.165) is 49.7 Å². The Labute approximate surface area is 145 Å². The molecule has 4 heteroatoms. The van der Waals surface area contributed by atoms with Crippen molar-refractivity contribution in [2.24, 2.45) is 22.7 Å². The van der Waals surface area contributed by atoms with Crippen LogP contribution in [0.5, 0.6) is 0 Å². The van der Waals surface area contributed by atoms with Gasteiger partial charge in [0.25, 0.3) is 0 Å². The van der Waals surface area contributed by atoms with E-state index in [4.69, 9.17) is 5.11 Å². The summed E-state index contributed by atoms with van der Waals surface area (Å²) >= 11 is 0. The molecule has 0 saturated heterocycles. The molecule has 138 valence electrons. The van der Waals surface area contributed by atoms with Crippen molar-refractivity contribution >= 4 is 0 Å². The Morgan fingerprint density at radius 1 is 1.25 bits per heavy atom. The molecule has 0 heterocycles. The highest BCUT2D eigenvalue weighted by Gasteiger charge is 2.55. The molecule has 4 N–H and O–H groups in total. The van der Waals surface area contributed by atoms with Gasteiger partial charge in [0.2, 0.25) is 0 Å². The Morgan fingerprint density at radius 2 is 2.00 bits per heavy atom. The lowest BCUT2D eigenvalue weighted by Gasteiger charge is -2.59. The molecule has 3 unspecified atom stereocenters. The summed E-state index contributed by atoms with van der Waals surface area (Å²) in [5.74, 6) is 0.884. The zero-order valence-corrected chi connectivity index (χ0v) is 15.2. The maximum Gasteiger partial charge on any atom is 0.0648 e. The van der Waals surface area contributed by atoms with E-state index in [1.807, 2.05) is 0 Å². The number of fused-ring (bicyclic) bond motifs is 1. The summed E-state index contributed by atoms with van der Waals surface area (Å²) < 4.78 is 0. The predicted octanol–water partition coefficient (Wildman–Crippen LogP) is 2.42. The molecular weight excluding hydrogens is 304 g/mol. The van der Waals surface area contributed by atoms with Gasteiger partial charge in [-0.1, -0.05) is 26.0 Å². The van der Waals surface area contributed by atoms with Crippen molar-refractivity contribution in [2.75, 3.05) is 26.4 Å². The Morgan fingerprint density at radius 3 is 2.58 bits per heavy atom. The maximum absolute atomic E-state index is 10.3. The van der Waals surface area contributed by atoms with Gasteiger partial charge < -0.3 is 20.4 Å². The first-order valence-corrected chi connectivity index (χ1v) is 9.29. The van der Waals surface area contributed by atoms with Crippen LogP contribution in [0.2, 0.25) is 0 Å². The third-order valence-electron chi connectivity index (χ3n) is 7.12. The van der Waals surface area contributed by atoms with Crippen LogP contribution in [0.4, 0.5) is 0 Å². The Kier molecular flexibility index (Phi) is 6.66. The van der Waals surface area contributed by atoms with Crippen molar-refractivity contribution in [3.63, 3.8) is 0 Å². The lowest BCUT2D eigenvalue weighted by molar-refractivity contribution is -0.0828. The summed E-state index contributed by atoms with van der Waals surface area (Å²) in [7, 11) is 0. The summed E-state index contributed by atoms with van der Waals surface area (Å²) in [6.07, 6.45) is 9.54. The molecule has 1 fully saturated rings. The third-order valence-corrected chi connectivity index (χ3v) is 7.12. The van der Waals surface area contributed by atoms with E-state index in [0.29, 0.717) is 11.8 Å². The van der Waals surface area contributed by atoms with Crippen molar-refractivity contribution in [1.29, 1.82) is 0 Å². The fourth-order valence-electron chi connectivity index (χ4n) is 5.31. The molecule has 2 aliphatic rings. The number of hydrogen-bond acceptors (Lipinski definition) is 4. The van der Waals surface area contributed by atoms with Crippen LogP contribution in [-0.2, 0) is 0 Å². The van der Waals surface area contributed by atoms with Gasteiger partial charge in [-0.2, -0.15) is 0 Å². The normalized spacial score (nSPS) is 37.1. The van der Waals surface area contributed by atoms with Crippen LogP contribution in [0.15, 0.2) is 23.3 Å². The Hall–Kier alpha value is -0.680. The number of aliphatic hydroxyl groups excluding tert-OH is 4. The average Bonchev–Trinajstić information content (AvgIpc) is 2.61. The van der Waals surface area contributed by atoms with Gasteiger partial charge in [0.1, 0.15) is 0 Å². The molecule has 0 aromatic carbocycles. The van der Waals surface area contributed by atoms with Gasteiger partial charge in [-0.3, -0.25) is 0 Å². The van der Waals surface area contributed by atoms with Crippen LogP contribution in [0.1, 0.15) is 52.4 Å². The molecule has 24 heavy (non-hydrogen) atoms. The van der Waals surface area contributed by atoms with E-state index in [-0.39, 0.29) is 37.3 Å². The minimum Gasteiger partial charge on any atom is -0.395 e. The fourth-order valence-corrected chi connectivity index (χ4v) is 5.31. The van der Waals surface area contributed by atoms with Crippen molar-refractivity contribution in [2.45, 2.75) is 52.4 Å². The van der Waals surface area contributed by atoms with Crippen molar-refractivity contribution < 1.29 is 20.4 Å². The van der Waals surface area contributed by atoms with Gasteiger partial charge >= 0.3 is 0 Å². The highest BCUT2D eigenvalue weighted by molar-refractivity contribution is 5.24. The first kappa shape index (κ1) is 19.6. The quantitative estimate of drug-likeness (QED) is 0.538. The molecule has 0 spiro atoms. The van der Waals surface area contributed by atoms with Gasteiger partial charge in [-0.25, -0.2) is 0 Å². The monoisotopic (exact) mass is 338 g/mol. The summed E-state index contributed by atoms with van der Waals surface area (Å²) in [6.45, 7) is 4.71. The molecule has 2 rings (SSSR count). The SMILES string of the molecule is CC1CCC2(CO)C(CO)=CCCC2[C@@]1(C)CC/C(=C/CO)CO. The molecular formula is C20H34O4. The van der Waals surface area contributed by atoms with Crippen molar-refractivity contribution in [3.05, 3.63) is 23.3 Å². The number of rotatable bonds is 7. The van der Waals surface area contributed by atoms with Crippen LogP contribution in [-0.4, -0.2) is 46.9 Å². The molecule has 1 saturated carbocycles. The van der Waals surface area contributed by atoms with Crippen LogP contribution in [0.3, 0.4) is 0 Å². The third kappa shape index (κ3) is 3.34.